The highest BCUT2D eigenvalue weighted by molar-refractivity contribution is 6.09. The van der Waals surface area contributed by atoms with Crippen molar-refractivity contribution in [3.8, 4) is 0 Å². The van der Waals surface area contributed by atoms with E-state index in [1.54, 1.807) is 0 Å². The highest BCUT2D eigenvalue weighted by Crippen LogP contribution is 2.55. The molecule has 8 atom stereocenters. The Kier molecular flexibility index (Phi) is 7.14. The first kappa shape index (κ1) is 24.1. The topological polar surface area (TPSA) is 95.9 Å². The standard InChI is InChI=1S/C25H39NO5/c1-13(2)9-18-22-16(5)15(4)11-17-10-14(3)7-8-19(27)23(29)20(31-6)12-21(28)25(17,22)24(30)26-18/h10-11,13,16-20,22-23,27,29H,7-9,12H2,1-6H3,(H,26,30)/b14-10+/t16-,17-,18-,19-,20+,22+,23-,25+/m0/s1. The molecule has 1 saturated heterocycles. The molecule has 1 spiro atoms. The summed E-state index contributed by atoms with van der Waals surface area (Å²) >= 11 is 0. The molecule has 1 heterocycles. The molecule has 0 saturated carbocycles. The Morgan fingerprint density at radius 2 is 1.90 bits per heavy atom. The third-order valence-corrected chi connectivity index (χ3v) is 7.83. The Labute approximate surface area is 186 Å². The maximum Gasteiger partial charge on any atom is 0.235 e. The second-order valence-electron chi connectivity index (χ2n) is 10.3. The van der Waals surface area contributed by atoms with E-state index in [1.165, 1.54) is 12.7 Å². The van der Waals surface area contributed by atoms with Gasteiger partial charge in [0.2, 0.25) is 5.91 Å². The van der Waals surface area contributed by atoms with E-state index in [-0.39, 0.29) is 41.9 Å². The minimum Gasteiger partial charge on any atom is -0.390 e. The number of amides is 1. The van der Waals surface area contributed by atoms with Gasteiger partial charge in [-0.25, -0.2) is 0 Å². The van der Waals surface area contributed by atoms with Crippen molar-refractivity contribution in [1.29, 1.82) is 0 Å². The predicted molar refractivity (Wildman–Crippen MR) is 119 cm³/mol. The summed E-state index contributed by atoms with van der Waals surface area (Å²) in [6.45, 7) is 10.4. The van der Waals surface area contributed by atoms with Crippen LogP contribution in [0.15, 0.2) is 23.3 Å². The van der Waals surface area contributed by atoms with Gasteiger partial charge in [0.15, 0.2) is 5.78 Å². The normalized spacial score (nSPS) is 43.3. The van der Waals surface area contributed by atoms with Gasteiger partial charge in [0.1, 0.15) is 11.5 Å². The number of allylic oxidation sites excluding steroid dienone is 4. The molecule has 3 N–H and O–H groups in total. The van der Waals surface area contributed by atoms with E-state index in [1.807, 2.05) is 13.0 Å². The minimum atomic E-state index is -1.22. The summed E-state index contributed by atoms with van der Waals surface area (Å²) in [5.41, 5.74) is 0.994. The summed E-state index contributed by atoms with van der Waals surface area (Å²) in [5.74, 6) is -0.445. The van der Waals surface area contributed by atoms with Crippen LogP contribution >= 0.6 is 0 Å². The number of aliphatic hydroxyl groups excluding tert-OH is 2. The smallest absolute Gasteiger partial charge is 0.235 e. The average molecular weight is 434 g/mol. The number of aliphatic hydroxyl groups is 2. The Hall–Kier alpha value is -1.50. The van der Waals surface area contributed by atoms with Crippen molar-refractivity contribution in [2.75, 3.05) is 7.11 Å². The van der Waals surface area contributed by atoms with Crippen molar-refractivity contribution >= 4 is 11.7 Å². The van der Waals surface area contributed by atoms with Crippen LogP contribution in [-0.4, -0.2) is 53.4 Å². The fourth-order valence-electron chi connectivity index (χ4n) is 6.08. The van der Waals surface area contributed by atoms with Gasteiger partial charge in [0.05, 0.1) is 12.2 Å². The van der Waals surface area contributed by atoms with E-state index >= 15 is 0 Å². The molecule has 1 fully saturated rings. The summed E-state index contributed by atoms with van der Waals surface area (Å²) in [6, 6.07) is -0.0760. The number of carbonyl (C=O) groups excluding carboxylic acids is 2. The summed E-state index contributed by atoms with van der Waals surface area (Å²) in [5, 5.41) is 24.3. The Bertz CT molecular complexity index is 772. The largest absolute Gasteiger partial charge is 0.390 e. The predicted octanol–water partition coefficient (Wildman–Crippen LogP) is 2.78. The quantitative estimate of drug-likeness (QED) is 0.470. The Morgan fingerprint density at radius 1 is 1.23 bits per heavy atom. The lowest BCUT2D eigenvalue weighted by Gasteiger charge is -2.45. The molecule has 1 aliphatic heterocycles. The van der Waals surface area contributed by atoms with Gasteiger partial charge in [-0.05, 0) is 44.9 Å². The lowest BCUT2D eigenvalue weighted by atomic mass is 9.54. The van der Waals surface area contributed by atoms with Crippen molar-refractivity contribution in [2.24, 2.45) is 29.1 Å². The maximum absolute atomic E-state index is 14.0. The summed E-state index contributed by atoms with van der Waals surface area (Å²) in [6.07, 6.45) is 2.79. The van der Waals surface area contributed by atoms with Gasteiger partial charge in [0.25, 0.3) is 0 Å². The second-order valence-corrected chi connectivity index (χ2v) is 10.3. The first-order valence-corrected chi connectivity index (χ1v) is 11.6. The van der Waals surface area contributed by atoms with Crippen LogP contribution in [0.5, 0.6) is 0 Å². The third-order valence-electron chi connectivity index (χ3n) is 7.83. The monoisotopic (exact) mass is 433 g/mol. The van der Waals surface area contributed by atoms with Gasteiger partial charge < -0.3 is 20.3 Å². The van der Waals surface area contributed by atoms with Crippen LogP contribution in [0.4, 0.5) is 0 Å². The molecule has 6 heteroatoms. The molecule has 0 bridgehead atoms. The molecule has 3 rings (SSSR count). The van der Waals surface area contributed by atoms with E-state index in [0.717, 1.165) is 12.0 Å². The molecule has 0 radical (unpaired) electrons. The molecule has 31 heavy (non-hydrogen) atoms. The first-order valence-electron chi connectivity index (χ1n) is 11.6. The van der Waals surface area contributed by atoms with E-state index in [9.17, 15) is 19.8 Å². The van der Waals surface area contributed by atoms with Gasteiger partial charge >= 0.3 is 0 Å². The zero-order chi connectivity index (χ0) is 23.1. The van der Waals surface area contributed by atoms with Gasteiger partial charge in [-0.2, -0.15) is 0 Å². The van der Waals surface area contributed by atoms with E-state index in [2.05, 4.69) is 39.1 Å². The van der Waals surface area contributed by atoms with Gasteiger partial charge in [-0.15, -0.1) is 0 Å². The molecular weight excluding hydrogens is 394 g/mol. The number of Topliss-reactive ketones (excluding diaryl/α,β-unsaturated/α-hetero) is 1. The van der Waals surface area contributed by atoms with Crippen molar-refractivity contribution in [3.63, 3.8) is 0 Å². The van der Waals surface area contributed by atoms with Gasteiger partial charge in [-0.1, -0.05) is 44.1 Å². The Balaban J connectivity index is 2.19. The number of carbonyl (C=O) groups is 2. The molecule has 2 aliphatic carbocycles. The maximum atomic E-state index is 14.0. The molecule has 0 aromatic rings. The van der Waals surface area contributed by atoms with Crippen LogP contribution < -0.4 is 5.32 Å². The van der Waals surface area contributed by atoms with Crippen LogP contribution in [0.2, 0.25) is 0 Å². The fourth-order valence-corrected chi connectivity index (χ4v) is 6.08. The number of hydrogen-bond donors (Lipinski definition) is 3. The zero-order valence-electron chi connectivity index (χ0n) is 19.7. The molecule has 0 aromatic heterocycles. The van der Waals surface area contributed by atoms with Crippen LogP contribution in [0.3, 0.4) is 0 Å². The number of ketones is 1. The zero-order valence-corrected chi connectivity index (χ0v) is 19.7. The number of methoxy groups -OCH3 is 1. The fraction of sp³-hybridized carbons (Fsp3) is 0.760. The third kappa shape index (κ3) is 4.14. The van der Waals surface area contributed by atoms with Gasteiger partial charge in [-0.3, -0.25) is 9.59 Å². The van der Waals surface area contributed by atoms with Crippen LogP contribution in [-0.2, 0) is 14.3 Å². The van der Waals surface area contributed by atoms with Crippen molar-refractivity contribution in [2.45, 2.75) is 84.7 Å². The molecule has 1 amide bonds. The highest BCUT2D eigenvalue weighted by Gasteiger charge is 2.65. The first-order chi connectivity index (χ1) is 14.5. The molecule has 174 valence electrons. The molecule has 0 unspecified atom stereocenters. The summed E-state index contributed by atoms with van der Waals surface area (Å²) in [7, 11) is 1.44. The lowest BCUT2D eigenvalue weighted by molar-refractivity contribution is -0.149. The minimum absolute atomic E-state index is 0.0760. The number of ether oxygens (including phenoxy) is 1. The molecule has 0 aromatic carbocycles. The van der Waals surface area contributed by atoms with Crippen molar-refractivity contribution in [3.05, 3.63) is 23.3 Å². The highest BCUT2D eigenvalue weighted by atomic mass is 16.5. The van der Waals surface area contributed by atoms with Crippen LogP contribution in [0.25, 0.3) is 0 Å². The summed E-state index contributed by atoms with van der Waals surface area (Å²) < 4.78 is 5.45. The number of hydrogen-bond acceptors (Lipinski definition) is 5. The van der Waals surface area contributed by atoms with Gasteiger partial charge in [0, 0.05) is 31.4 Å². The summed E-state index contributed by atoms with van der Waals surface area (Å²) in [4.78, 5) is 27.7. The van der Waals surface area contributed by atoms with Crippen LogP contribution in [0.1, 0.15) is 60.3 Å². The molecular formula is C25H39NO5. The number of nitrogens with one attached hydrogen (secondary N) is 1. The van der Waals surface area contributed by atoms with E-state index < -0.39 is 23.7 Å². The van der Waals surface area contributed by atoms with E-state index in [0.29, 0.717) is 18.8 Å². The lowest BCUT2D eigenvalue weighted by Crippen LogP contribution is -2.54. The average Bonchev–Trinajstić information content (AvgIpc) is 2.98. The van der Waals surface area contributed by atoms with Crippen molar-refractivity contribution < 1.29 is 24.5 Å². The Morgan fingerprint density at radius 3 is 2.52 bits per heavy atom. The molecule has 3 aliphatic rings. The van der Waals surface area contributed by atoms with Crippen LogP contribution in [0, 0.1) is 29.1 Å². The second kappa shape index (κ2) is 9.16. The molecule has 6 nitrogen and oxygen atoms in total. The van der Waals surface area contributed by atoms with Crippen molar-refractivity contribution in [1.82, 2.24) is 5.32 Å². The van der Waals surface area contributed by atoms with E-state index in [4.69, 9.17) is 4.74 Å². The number of rotatable bonds is 3. The SMILES string of the molecule is CO[C@@H]1CC(=O)[C@@]23C(=O)N[C@@H](CC(C)C)[C@H]2[C@@H](C)C(C)=C[C@@H]3/C=C(\C)CC[C@H](O)[C@@H]1O.